The Morgan fingerprint density at radius 1 is 0.633 bits per heavy atom. The molecular formula is C26H32O4. The van der Waals surface area contributed by atoms with Gasteiger partial charge in [0.2, 0.25) is 0 Å². The maximum absolute atomic E-state index is 12.0. The second-order valence-electron chi connectivity index (χ2n) is 7.07. The summed E-state index contributed by atoms with van der Waals surface area (Å²) >= 11 is 0. The molecule has 0 heterocycles. The fourth-order valence-electron chi connectivity index (χ4n) is 3.75. The first-order chi connectivity index (χ1) is 14.5. The number of hydrogen-bond acceptors (Lipinski definition) is 4. The van der Waals surface area contributed by atoms with E-state index in [-0.39, 0.29) is 13.2 Å². The molecule has 30 heavy (non-hydrogen) atoms. The van der Waals surface area contributed by atoms with Gasteiger partial charge in [-0.05, 0) is 59.1 Å². The number of aryl methyl sites for hydroxylation is 2. The Balaban J connectivity index is 1.89. The summed E-state index contributed by atoms with van der Waals surface area (Å²) in [5.41, 5.74) is 6.98. The Kier molecular flexibility index (Phi) is 9.33. The molecule has 0 amide bonds. The minimum atomic E-state index is -0.557. The van der Waals surface area contributed by atoms with Crippen molar-refractivity contribution < 1.29 is 19.1 Å². The third-order valence-corrected chi connectivity index (χ3v) is 5.30. The molecule has 0 spiro atoms. The number of esters is 2. The zero-order valence-corrected chi connectivity index (χ0v) is 18.5. The van der Waals surface area contributed by atoms with Crippen molar-refractivity contribution >= 4 is 11.9 Å². The second kappa shape index (κ2) is 12.0. The third kappa shape index (κ3) is 6.31. The van der Waals surface area contributed by atoms with E-state index in [2.05, 4.69) is 39.8 Å². The van der Waals surface area contributed by atoms with Gasteiger partial charge < -0.3 is 9.47 Å². The molecule has 0 radical (unpaired) electrons. The molecule has 0 aromatic heterocycles. The van der Waals surface area contributed by atoms with Crippen LogP contribution in [0.25, 0.3) is 0 Å². The highest BCUT2D eigenvalue weighted by Gasteiger charge is 2.09. The lowest BCUT2D eigenvalue weighted by molar-refractivity contribution is -0.141. The fourth-order valence-corrected chi connectivity index (χ4v) is 3.75. The van der Waals surface area contributed by atoms with Crippen LogP contribution in [0.2, 0.25) is 0 Å². The van der Waals surface area contributed by atoms with Crippen LogP contribution in [-0.4, -0.2) is 11.9 Å². The van der Waals surface area contributed by atoms with Crippen molar-refractivity contribution in [2.75, 3.05) is 0 Å². The summed E-state index contributed by atoms with van der Waals surface area (Å²) in [6.45, 7) is 8.80. The number of hydrogen-bond donors (Lipinski definition) is 0. The summed E-state index contributed by atoms with van der Waals surface area (Å²) in [5.74, 6) is -1.11. The van der Waals surface area contributed by atoms with Crippen LogP contribution in [0.15, 0.2) is 48.6 Å². The van der Waals surface area contributed by atoms with Gasteiger partial charge in [-0.3, -0.25) is 0 Å². The molecule has 0 saturated carbocycles. The van der Waals surface area contributed by atoms with E-state index >= 15 is 0 Å². The molecule has 0 fully saturated rings. The van der Waals surface area contributed by atoms with Crippen LogP contribution in [0.1, 0.15) is 61.1 Å². The number of carbonyl (C=O) groups is 2. The van der Waals surface area contributed by atoms with E-state index in [1.807, 2.05) is 24.3 Å². The first-order valence-electron chi connectivity index (χ1n) is 10.7. The predicted octanol–water partition coefficient (Wildman–Crippen LogP) is 5.28. The summed E-state index contributed by atoms with van der Waals surface area (Å²) < 4.78 is 10.6. The van der Waals surface area contributed by atoms with Crippen LogP contribution in [0.4, 0.5) is 0 Å². The molecule has 2 aromatic carbocycles. The maximum atomic E-state index is 12.0. The van der Waals surface area contributed by atoms with E-state index in [1.54, 1.807) is 0 Å². The summed E-state index contributed by atoms with van der Waals surface area (Å²) in [7, 11) is 0. The number of carbonyl (C=O) groups excluding carboxylic acids is 2. The molecule has 4 heteroatoms. The Morgan fingerprint density at radius 3 is 1.33 bits per heavy atom. The average Bonchev–Trinajstić information content (AvgIpc) is 2.78. The highest BCUT2D eigenvalue weighted by atomic mass is 16.5. The van der Waals surface area contributed by atoms with Crippen molar-refractivity contribution in [2.24, 2.45) is 0 Å². The molecular weight excluding hydrogens is 376 g/mol. The molecule has 0 saturated heterocycles. The molecule has 2 rings (SSSR count). The van der Waals surface area contributed by atoms with Gasteiger partial charge in [-0.2, -0.15) is 0 Å². The lowest BCUT2D eigenvalue weighted by Gasteiger charge is -2.12. The molecule has 0 N–H and O–H groups in total. The molecule has 0 aliphatic rings. The number of rotatable bonds is 10. The highest BCUT2D eigenvalue weighted by molar-refractivity contribution is 5.91. The van der Waals surface area contributed by atoms with Gasteiger partial charge >= 0.3 is 11.9 Å². The molecule has 0 aliphatic carbocycles. The first-order valence-corrected chi connectivity index (χ1v) is 10.7. The van der Waals surface area contributed by atoms with E-state index in [9.17, 15) is 9.59 Å². The van der Waals surface area contributed by atoms with Crippen LogP contribution in [-0.2, 0) is 58.0 Å². The molecule has 0 aliphatic heterocycles. The standard InChI is InChI=1S/C26H32O4/c1-5-19-11-9-13-21(23(19)7-3)17-29-25(27)15-16-26(28)30-18-22-14-10-12-20(6-2)24(22)8-4/h9-16H,5-8,17-18H2,1-4H3/b16-15-. The van der Waals surface area contributed by atoms with Gasteiger partial charge in [0.25, 0.3) is 0 Å². The van der Waals surface area contributed by atoms with Crippen molar-refractivity contribution in [1.29, 1.82) is 0 Å². The van der Waals surface area contributed by atoms with Crippen molar-refractivity contribution in [3.63, 3.8) is 0 Å². The Hall–Kier alpha value is -2.88. The van der Waals surface area contributed by atoms with Gasteiger partial charge in [0, 0.05) is 12.2 Å². The lowest BCUT2D eigenvalue weighted by atomic mass is 9.97. The lowest BCUT2D eigenvalue weighted by Crippen LogP contribution is -2.07. The van der Waals surface area contributed by atoms with Crippen LogP contribution in [0.5, 0.6) is 0 Å². The van der Waals surface area contributed by atoms with E-state index in [4.69, 9.17) is 9.47 Å². The summed E-state index contributed by atoms with van der Waals surface area (Å²) in [6.07, 6.45) is 5.91. The largest absolute Gasteiger partial charge is 0.458 e. The van der Waals surface area contributed by atoms with Gasteiger partial charge in [0.05, 0.1) is 0 Å². The summed E-state index contributed by atoms with van der Waals surface area (Å²) in [4.78, 5) is 24.0. The number of benzene rings is 2. The van der Waals surface area contributed by atoms with Crippen LogP contribution >= 0.6 is 0 Å². The second-order valence-corrected chi connectivity index (χ2v) is 7.07. The molecule has 160 valence electrons. The Labute approximate surface area is 179 Å². The fraction of sp³-hybridized carbons (Fsp3) is 0.385. The number of ether oxygens (including phenoxy) is 2. The van der Waals surface area contributed by atoms with E-state index in [1.165, 1.54) is 22.3 Å². The highest BCUT2D eigenvalue weighted by Crippen LogP contribution is 2.18. The van der Waals surface area contributed by atoms with Crippen molar-refractivity contribution in [3.8, 4) is 0 Å². The van der Waals surface area contributed by atoms with Crippen LogP contribution < -0.4 is 0 Å². The summed E-state index contributed by atoms with van der Waals surface area (Å²) in [6, 6.07) is 12.1. The summed E-state index contributed by atoms with van der Waals surface area (Å²) in [5, 5.41) is 0. The Bertz CT molecular complexity index is 822. The molecule has 0 bridgehead atoms. The topological polar surface area (TPSA) is 52.6 Å². The SMILES string of the molecule is CCc1cccc(COC(=O)/C=C\C(=O)OCc2cccc(CC)c2CC)c1CC. The average molecular weight is 409 g/mol. The van der Waals surface area contributed by atoms with Crippen molar-refractivity contribution in [3.05, 3.63) is 81.9 Å². The zero-order chi connectivity index (χ0) is 21.9. The third-order valence-electron chi connectivity index (χ3n) is 5.30. The van der Waals surface area contributed by atoms with Crippen LogP contribution in [0.3, 0.4) is 0 Å². The molecule has 0 unspecified atom stereocenters. The minimum Gasteiger partial charge on any atom is -0.458 e. The maximum Gasteiger partial charge on any atom is 0.331 e. The van der Waals surface area contributed by atoms with Gasteiger partial charge in [-0.1, -0.05) is 64.1 Å². The van der Waals surface area contributed by atoms with Gasteiger partial charge in [-0.15, -0.1) is 0 Å². The smallest absolute Gasteiger partial charge is 0.331 e. The predicted molar refractivity (Wildman–Crippen MR) is 119 cm³/mol. The van der Waals surface area contributed by atoms with E-state index < -0.39 is 11.9 Å². The Morgan fingerprint density at radius 2 is 1.00 bits per heavy atom. The van der Waals surface area contributed by atoms with Crippen molar-refractivity contribution in [2.45, 2.75) is 66.6 Å². The normalized spacial score (nSPS) is 10.9. The van der Waals surface area contributed by atoms with Crippen LogP contribution in [0, 0.1) is 0 Å². The zero-order valence-electron chi connectivity index (χ0n) is 18.5. The molecule has 0 atom stereocenters. The minimum absolute atomic E-state index is 0.193. The van der Waals surface area contributed by atoms with Gasteiger partial charge in [0.15, 0.2) is 0 Å². The van der Waals surface area contributed by atoms with Gasteiger partial charge in [0.1, 0.15) is 13.2 Å². The van der Waals surface area contributed by atoms with Gasteiger partial charge in [-0.25, -0.2) is 9.59 Å². The monoisotopic (exact) mass is 408 g/mol. The van der Waals surface area contributed by atoms with E-state index in [0.29, 0.717) is 0 Å². The molecule has 2 aromatic rings. The van der Waals surface area contributed by atoms with E-state index in [0.717, 1.165) is 49.0 Å². The first kappa shape index (κ1) is 23.4. The quantitative estimate of drug-likeness (QED) is 0.396. The van der Waals surface area contributed by atoms with Crippen molar-refractivity contribution in [1.82, 2.24) is 0 Å². The molecule has 4 nitrogen and oxygen atoms in total.